The molecule has 0 aliphatic carbocycles. The summed E-state index contributed by atoms with van der Waals surface area (Å²) in [6.45, 7) is 3.43. The zero-order chi connectivity index (χ0) is 19.5. The van der Waals surface area contributed by atoms with E-state index in [-0.39, 0.29) is 6.10 Å². The van der Waals surface area contributed by atoms with Crippen molar-refractivity contribution < 1.29 is 4.74 Å². The zero-order valence-electron chi connectivity index (χ0n) is 16.6. The maximum atomic E-state index is 5.76. The highest BCUT2D eigenvalue weighted by Gasteiger charge is 2.20. The molecule has 5 rings (SSSR count). The minimum absolute atomic E-state index is 0.274. The van der Waals surface area contributed by atoms with Crippen LogP contribution < -0.4 is 10.2 Å². The second-order valence-corrected chi connectivity index (χ2v) is 7.76. The van der Waals surface area contributed by atoms with Gasteiger partial charge in [0.1, 0.15) is 5.82 Å². The second kappa shape index (κ2) is 8.21. The predicted octanol–water partition coefficient (Wildman–Crippen LogP) is 4.30. The molecule has 0 spiro atoms. The molecule has 1 saturated heterocycles. The molecule has 2 aliphatic heterocycles. The van der Waals surface area contributed by atoms with Crippen molar-refractivity contribution in [2.75, 3.05) is 29.9 Å². The lowest BCUT2D eigenvalue weighted by atomic mass is 10.0. The minimum atomic E-state index is 0.274. The number of rotatable bonds is 5. The van der Waals surface area contributed by atoms with Crippen molar-refractivity contribution in [1.29, 1.82) is 0 Å². The van der Waals surface area contributed by atoms with E-state index in [1.165, 1.54) is 11.1 Å². The quantitative estimate of drug-likeness (QED) is 0.709. The highest BCUT2D eigenvalue weighted by Crippen LogP contribution is 2.27. The van der Waals surface area contributed by atoms with Crippen molar-refractivity contribution in [3.63, 3.8) is 0 Å². The van der Waals surface area contributed by atoms with Gasteiger partial charge >= 0.3 is 0 Å². The van der Waals surface area contributed by atoms with Crippen molar-refractivity contribution in [3.05, 3.63) is 71.8 Å². The van der Waals surface area contributed by atoms with Gasteiger partial charge in [-0.05, 0) is 30.4 Å². The molecular weight excluding hydrogens is 360 g/mol. The molecule has 0 saturated carbocycles. The molecule has 148 valence electrons. The number of fused-ring (bicyclic) bond motifs is 1. The summed E-state index contributed by atoms with van der Waals surface area (Å²) in [5.74, 6) is 1.65. The molecule has 1 atom stereocenters. The number of nitrogens with one attached hydrogen (secondary N) is 1. The van der Waals surface area contributed by atoms with Gasteiger partial charge in [-0.3, -0.25) is 0 Å². The number of anilines is 2. The third kappa shape index (κ3) is 4.10. The van der Waals surface area contributed by atoms with Crippen LogP contribution in [0.5, 0.6) is 0 Å². The van der Waals surface area contributed by atoms with E-state index in [0.29, 0.717) is 0 Å². The molecule has 2 aromatic carbocycles. The van der Waals surface area contributed by atoms with Crippen LogP contribution >= 0.6 is 0 Å². The van der Waals surface area contributed by atoms with Gasteiger partial charge < -0.3 is 15.0 Å². The van der Waals surface area contributed by atoms with E-state index in [1.54, 1.807) is 0 Å². The van der Waals surface area contributed by atoms with Crippen LogP contribution in [0.25, 0.3) is 11.3 Å². The van der Waals surface area contributed by atoms with Gasteiger partial charge in [-0.2, -0.15) is 4.98 Å². The fourth-order valence-corrected chi connectivity index (χ4v) is 4.11. The van der Waals surface area contributed by atoms with Crippen LogP contribution in [0.3, 0.4) is 0 Å². The summed E-state index contributed by atoms with van der Waals surface area (Å²) < 4.78 is 5.76. The molecule has 1 unspecified atom stereocenters. The van der Waals surface area contributed by atoms with Gasteiger partial charge in [-0.25, -0.2) is 4.98 Å². The molecule has 1 aromatic heterocycles. The first-order chi connectivity index (χ1) is 14.3. The van der Waals surface area contributed by atoms with Crippen LogP contribution in [0.2, 0.25) is 0 Å². The number of nitrogens with zero attached hydrogens (tertiary/aromatic N) is 3. The summed E-state index contributed by atoms with van der Waals surface area (Å²) in [6.07, 6.45) is 3.55. The Kier molecular flexibility index (Phi) is 5.13. The Morgan fingerprint density at radius 1 is 1.00 bits per heavy atom. The van der Waals surface area contributed by atoms with E-state index in [1.807, 2.05) is 24.3 Å². The lowest BCUT2D eigenvalue weighted by Crippen LogP contribution is -2.32. The zero-order valence-corrected chi connectivity index (χ0v) is 16.6. The fourth-order valence-electron chi connectivity index (χ4n) is 4.11. The summed E-state index contributed by atoms with van der Waals surface area (Å²) in [5.41, 5.74) is 4.85. The van der Waals surface area contributed by atoms with Crippen molar-refractivity contribution in [2.24, 2.45) is 0 Å². The van der Waals surface area contributed by atoms with Crippen LogP contribution in [0.15, 0.2) is 60.7 Å². The normalized spacial score (nSPS) is 18.5. The van der Waals surface area contributed by atoms with Gasteiger partial charge in [0.05, 0.1) is 11.8 Å². The molecule has 2 aliphatic rings. The smallest absolute Gasteiger partial charge is 0.228 e. The molecular formula is C24H26N4O. The van der Waals surface area contributed by atoms with Gasteiger partial charge in [0.2, 0.25) is 5.95 Å². The molecule has 1 N–H and O–H groups in total. The van der Waals surface area contributed by atoms with E-state index < -0.39 is 0 Å². The first-order valence-electron chi connectivity index (χ1n) is 10.5. The lowest BCUT2D eigenvalue weighted by molar-refractivity contribution is 0.120. The van der Waals surface area contributed by atoms with Crippen LogP contribution in [-0.2, 0) is 17.7 Å². The van der Waals surface area contributed by atoms with Gasteiger partial charge in [-0.1, -0.05) is 54.6 Å². The number of ether oxygens (including phenoxy) is 1. The van der Waals surface area contributed by atoms with E-state index in [2.05, 4.69) is 46.6 Å². The molecule has 5 heteroatoms. The Bertz CT molecular complexity index is 970. The molecule has 0 bridgehead atoms. The Hall–Kier alpha value is -2.92. The Labute approximate surface area is 171 Å². The average molecular weight is 386 g/mol. The van der Waals surface area contributed by atoms with Gasteiger partial charge in [0.15, 0.2) is 0 Å². The highest BCUT2D eigenvalue weighted by atomic mass is 16.5. The van der Waals surface area contributed by atoms with Gasteiger partial charge in [0.25, 0.3) is 0 Å². The highest BCUT2D eigenvalue weighted by molar-refractivity contribution is 5.64. The molecule has 0 radical (unpaired) electrons. The summed E-state index contributed by atoms with van der Waals surface area (Å²) >= 11 is 0. The average Bonchev–Trinajstić information content (AvgIpc) is 3.31. The van der Waals surface area contributed by atoms with Gasteiger partial charge in [0, 0.05) is 37.9 Å². The monoisotopic (exact) mass is 386 g/mol. The molecule has 29 heavy (non-hydrogen) atoms. The van der Waals surface area contributed by atoms with Crippen LogP contribution in [0, 0.1) is 0 Å². The lowest BCUT2D eigenvalue weighted by Gasteiger charge is -2.29. The van der Waals surface area contributed by atoms with Gasteiger partial charge in [-0.15, -0.1) is 0 Å². The summed E-state index contributed by atoms with van der Waals surface area (Å²) in [7, 11) is 0. The Morgan fingerprint density at radius 3 is 2.66 bits per heavy atom. The second-order valence-electron chi connectivity index (χ2n) is 7.76. The number of benzene rings is 2. The number of hydrogen-bond donors (Lipinski definition) is 1. The SMILES string of the molecule is c1ccc(-c2cc(NCC3CCCO3)nc(N3CCc4ccccc4C3)n2)cc1. The molecule has 5 nitrogen and oxygen atoms in total. The molecule has 1 fully saturated rings. The standard InChI is InChI=1S/C24H26N4O/c1-2-8-19(9-3-1)22-15-23(25-16-21-11-6-14-29-21)27-24(26-22)28-13-12-18-7-4-5-10-20(18)17-28/h1-5,7-10,15,21H,6,11-14,16-17H2,(H,25,26,27). The van der Waals surface area contributed by atoms with Crippen LogP contribution in [0.1, 0.15) is 24.0 Å². The van der Waals surface area contributed by atoms with E-state index in [4.69, 9.17) is 14.7 Å². The van der Waals surface area contributed by atoms with Crippen LogP contribution in [-0.4, -0.2) is 35.8 Å². The summed E-state index contributed by atoms with van der Waals surface area (Å²) in [4.78, 5) is 12.1. The topological polar surface area (TPSA) is 50.3 Å². The molecule has 0 amide bonds. The maximum Gasteiger partial charge on any atom is 0.228 e. The Morgan fingerprint density at radius 2 is 1.83 bits per heavy atom. The van der Waals surface area contributed by atoms with E-state index >= 15 is 0 Å². The predicted molar refractivity (Wildman–Crippen MR) is 116 cm³/mol. The van der Waals surface area contributed by atoms with Crippen molar-refractivity contribution in [3.8, 4) is 11.3 Å². The minimum Gasteiger partial charge on any atom is -0.376 e. The largest absolute Gasteiger partial charge is 0.376 e. The van der Waals surface area contributed by atoms with E-state index in [9.17, 15) is 0 Å². The van der Waals surface area contributed by atoms with Crippen LogP contribution in [0.4, 0.5) is 11.8 Å². The third-order valence-electron chi connectivity index (χ3n) is 5.73. The Balaban J connectivity index is 1.44. The molecule has 3 aromatic rings. The first-order valence-corrected chi connectivity index (χ1v) is 10.5. The fraction of sp³-hybridized carbons (Fsp3) is 0.333. The summed E-state index contributed by atoms with van der Waals surface area (Å²) in [6, 6.07) is 21.0. The number of hydrogen-bond acceptors (Lipinski definition) is 5. The first kappa shape index (κ1) is 18.1. The van der Waals surface area contributed by atoms with Crippen molar-refractivity contribution in [1.82, 2.24) is 9.97 Å². The third-order valence-corrected chi connectivity index (χ3v) is 5.73. The van der Waals surface area contributed by atoms with E-state index in [0.717, 1.165) is 68.5 Å². The molecule has 3 heterocycles. The number of aromatic nitrogens is 2. The summed E-state index contributed by atoms with van der Waals surface area (Å²) in [5, 5.41) is 3.49. The maximum absolute atomic E-state index is 5.76. The van der Waals surface area contributed by atoms with Crippen molar-refractivity contribution in [2.45, 2.75) is 31.9 Å². The van der Waals surface area contributed by atoms with Crippen molar-refractivity contribution >= 4 is 11.8 Å².